The van der Waals surface area contributed by atoms with E-state index in [4.69, 9.17) is 4.74 Å². The summed E-state index contributed by atoms with van der Waals surface area (Å²) in [5, 5.41) is 14.8. The maximum absolute atomic E-state index is 10.5. The Morgan fingerprint density at radius 1 is 1.38 bits per heavy atom. The van der Waals surface area contributed by atoms with Crippen LogP contribution in [-0.4, -0.2) is 27.7 Å². The van der Waals surface area contributed by atoms with Gasteiger partial charge < -0.3 is 9.84 Å². The number of aliphatic hydroxyl groups is 1. The van der Waals surface area contributed by atoms with Gasteiger partial charge in [0.25, 0.3) is 0 Å². The summed E-state index contributed by atoms with van der Waals surface area (Å²) in [5.41, 5.74) is 1.99. The lowest BCUT2D eigenvalue weighted by Gasteiger charge is -2.15. The third kappa shape index (κ3) is 3.80. The highest BCUT2D eigenvalue weighted by molar-refractivity contribution is 7.99. The minimum Gasteiger partial charge on any atom is -0.493 e. The molecule has 1 atom stereocenters. The number of hydrogen-bond donors (Lipinski definition) is 1. The topological polar surface area (TPSA) is 47.3 Å². The van der Waals surface area contributed by atoms with Crippen molar-refractivity contribution in [2.45, 2.75) is 37.8 Å². The summed E-state index contributed by atoms with van der Waals surface area (Å²) in [5.74, 6) is 1.23. The number of methoxy groups -OCH3 is 1. The monoisotopic (exact) mass is 306 g/mol. The molecule has 0 aliphatic carbocycles. The maximum atomic E-state index is 10.5. The van der Waals surface area contributed by atoms with Crippen LogP contribution in [0.1, 0.15) is 30.7 Å². The molecule has 4 nitrogen and oxygen atoms in total. The lowest BCUT2D eigenvalue weighted by atomic mass is 10.2. The predicted octanol–water partition coefficient (Wildman–Crippen LogP) is 3.44. The number of ether oxygens (including phenoxy) is 1. The average Bonchev–Trinajstić information content (AvgIpc) is 2.89. The molecule has 1 aromatic heterocycles. The lowest BCUT2D eigenvalue weighted by Crippen LogP contribution is -2.12. The highest BCUT2D eigenvalue weighted by Crippen LogP contribution is 2.31. The molecule has 114 valence electrons. The van der Waals surface area contributed by atoms with Crippen LogP contribution in [0.4, 0.5) is 0 Å². The fourth-order valence-electron chi connectivity index (χ4n) is 2.23. The summed E-state index contributed by atoms with van der Waals surface area (Å²) >= 11 is 1.65. The first-order valence-electron chi connectivity index (χ1n) is 7.13. The minimum absolute atomic E-state index is 0.580. The van der Waals surface area contributed by atoms with Crippen molar-refractivity contribution in [2.75, 3.05) is 12.9 Å². The summed E-state index contributed by atoms with van der Waals surface area (Å²) in [6.07, 6.45) is 2.04. The molecule has 1 aromatic carbocycles. The van der Waals surface area contributed by atoms with E-state index < -0.39 is 6.10 Å². The maximum Gasteiger partial charge on any atom is 0.162 e. The average molecular weight is 306 g/mol. The lowest BCUT2D eigenvalue weighted by molar-refractivity contribution is 0.186. The molecule has 0 aliphatic rings. The van der Waals surface area contributed by atoms with E-state index in [1.54, 1.807) is 25.1 Å². The van der Waals surface area contributed by atoms with Gasteiger partial charge in [0.05, 0.1) is 13.3 Å². The van der Waals surface area contributed by atoms with Crippen LogP contribution in [0, 0.1) is 6.92 Å². The van der Waals surface area contributed by atoms with E-state index in [0.717, 1.165) is 18.7 Å². The molecule has 1 unspecified atom stereocenters. The van der Waals surface area contributed by atoms with Gasteiger partial charge >= 0.3 is 0 Å². The highest BCUT2D eigenvalue weighted by Gasteiger charge is 2.20. The van der Waals surface area contributed by atoms with E-state index >= 15 is 0 Å². The quantitative estimate of drug-likeness (QED) is 0.796. The van der Waals surface area contributed by atoms with Crippen LogP contribution in [0.15, 0.2) is 35.4 Å². The molecule has 0 aliphatic heterocycles. The molecular formula is C16H22N2O2S. The van der Waals surface area contributed by atoms with E-state index in [1.165, 1.54) is 10.5 Å². The van der Waals surface area contributed by atoms with Crippen LogP contribution in [0.5, 0.6) is 5.75 Å². The van der Waals surface area contributed by atoms with E-state index in [1.807, 2.05) is 16.8 Å². The molecule has 0 saturated heterocycles. The summed E-state index contributed by atoms with van der Waals surface area (Å²) in [6.45, 7) is 4.95. The zero-order chi connectivity index (χ0) is 15.2. The fourth-order valence-corrected chi connectivity index (χ4v) is 3.19. The predicted molar refractivity (Wildman–Crippen MR) is 85.9 cm³/mol. The molecule has 21 heavy (non-hydrogen) atoms. The van der Waals surface area contributed by atoms with E-state index in [0.29, 0.717) is 11.5 Å². The third-order valence-corrected chi connectivity index (χ3v) is 4.56. The van der Waals surface area contributed by atoms with Crippen molar-refractivity contribution in [1.29, 1.82) is 0 Å². The Kier molecular flexibility index (Phi) is 5.70. The third-order valence-electron chi connectivity index (χ3n) is 3.31. The van der Waals surface area contributed by atoms with Gasteiger partial charge in [-0.25, -0.2) is 0 Å². The van der Waals surface area contributed by atoms with E-state index in [9.17, 15) is 5.11 Å². The number of thioether (sulfide) groups is 1. The van der Waals surface area contributed by atoms with Crippen LogP contribution >= 0.6 is 11.8 Å². The number of aliphatic hydroxyl groups excluding tert-OH is 1. The molecule has 0 bridgehead atoms. The Morgan fingerprint density at radius 3 is 2.81 bits per heavy atom. The van der Waals surface area contributed by atoms with Gasteiger partial charge in [-0.3, -0.25) is 4.68 Å². The Bertz CT molecular complexity index is 583. The van der Waals surface area contributed by atoms with Gasteiger partial charge in [0.15, 0.2) is 5.75 Å². The summed E-state index contributed by atoms with van der Waals surface area (Å²) in [6, 6.07) is 8.20. The number of rotatable bonds is 7. The van der Waals surface area contributed by atoms with Crippen molar-refractivity contribution in [3.63, 3.8) is 0 Å². The second kappa shape index (κ2) is 7.52. The Morgan fingerprint density at radius 2 is 2.14 bits per heavy atom. The number of aryl methyl sites for hydroxylation is 2. The number of nitrogens with zero attached hydrogens (tertiary/aromatic N) is 2. The normalized spacial score (nSPS) is 12.4. The molecule has 5 heteroatoms. The van der Waals surface area contributed by atoms with Gasteiger partial charge in [0.2, 0.25) is 0 Å². The first-order valence-corrected chi connectivity index (χ1v) is 8.12. The second-order valence-electron chi connectivity index (χ2n) is 4.91. The van der Waals surface area contributed by atoms with Crippen molar-refractivity contribution in [2.24, 2.45) is 0 Å². The van der Waals surface area contributed by atoms with Crippen molar-refractivity contribution in [3.05, 3.63) is 41.7 Å². The number of aromatic nitrogens is 2. The minimum atomic E-state index is -0.599. The SMILES string of the molecule is CCCn1ncc(OC)c1C(O)CSc1ccccc1C. The molecule has 0 saturated carbocycles. The molecule has 1 N–H and O–H groups in total. The van der Waals surface area contributed by atoms with Crippen LogP contribution in [0.3, 0.4) is 0 Å². The molecule has 2 rings (SSSR count). The molecule has 0 fully saturated rings. The van der Waals surface area contributed by atoms with Gasteiger partial charge in [-0.05, 0) is 25.0 Å². The Hall–Kier alpha value is -1.46. The van der Waals surface area contributed by atoms with Crippen LogP contribution in [0.2, 0.25) is 0 Å². The van der Waals surface area contributed by atoms with Gasteiger partial charge in [0, 0.05) is 17.2 Å². The zero-order valence-corrected chi connectivity index (χ0v) is 13.6. The smallest absolute Gasteiger partial charge is 0.162 e. The van der Waals surface area contributed by atoms with Crippen LogP contribution < -0.4 is 4.74 Å². The van der Waals surface area contributed by atoms with Crippen LogP contribution in [-0.2, 0) is 6.54 Å². The second-order valence-corrected chi connectivity index (χ2v) is 5.98. The van der Waals surface area contributed by atoms with Crippen molar-refractivity contribution in [1.82, 2.24) is 9.78 Å². The van der Waals surface area contributed by atoms with Gasteiger partial charge in [0.1, 0.15) is 11.8 Å². The summed E-state index contributed by atoms with van der Waals surface area (Å²) < 4.78 is 7.15. The van der Waals surface area contributed by atoms with Gasteiger partial charge in [-0.2, -0.15) is 5.10 Å². The largest absolute Gasteiger partial charge is 0.493 e. The van der Waals surface area contributed by atoms with Gasteiger partial charge in [-0.15, -0.1) is 11.8 Å². The molecule has 2 aromatic rings. The van der Waals surface area contributed by atoms with Crippen molar-refractivity contribution >= 4 is 11.8 Å². The van der Waals surface area contributed by atoms with Crippen molar-refractivity contribution < 1.29 is 9.84 Å². The first-order chi connectivity index (χ1) is 10.2. The molecular weight excluding hydrogens is 284 g/mol. The molecule has 0 amide bonds. The Labute approximate surface area is 130 Å². The summed E-state index contributed by atoms with van der Waals surface area (Å²) in [4.78, 5) is 1.19. The zero-order valence-electron chi connectivity index (χ0n) is 12.7. The van der Waals surface area contributed by atoms with Crippen LogP contribution in [0.25, 0.3) is 0 Å². The van der Waals surface area contributed by atoms with Gasteiger partial charge in [-0.1, -0.05) is 25.1 Å². The molecule has 0 spiro atoms. The number of hydrogen-bond acceptors (Lipinski definition) is 4. The van der Waals surface area contributed by atoms with E-state index in [2.05, 4.69) is 31.1 Å². The highest BCUT2D eigenvalue weighted by atomic mass is 32.2. The van der Waals surface area contributed by atoms with E-state index in [-0.39, 0.29) is 0 Å². The van der Waals surface area contributed by atoms with Crippen molar-refractivity contribution in [3.8, 4) is 5.75 Å². The number of benzene rings is 1. The first kappa shape index (κ1) is 15.9. The fraction of sp³-hybridized carbons (Fsp3) is 0.438. The molecule has 0 radical (unpaired) electrons. The summed E-state index contributed by atoms with van der Waals surface area (Å²) in [7, 11) is 1.61. The Balaban J connectivity index is 2.11. The molecule has 1 heterocycles. The standard InChI is InChI=1S/C16H22N2O2S/c1-4-9-18-16(14(20-3)10-17-18)13(19)11-21-15-8-6-5-7-12(15)2/h5-8,10,13,19H,4,9,11H2,1-3H3.